The number of aryl methyl sites for hydroxylation is 1. The summed E-state index contributed by atoms with van der Waals surface area (Å²) < 4.78 is 30.5. The van der Waals surface area contributed by atoms with Crippen LogP contribution in [0.1, 0.15) is 99.6 Å². The second kappa shape index (κ2) is 22.2. The molecule has 2 aliphatic heterocycles. The van der Waals surface area contributed by atoms with Gasteiger partial charge in [0.15, 0.2) is 0 Å². The molecule has 4 amide bonds. The van der Waals surface area contributed by atoms with Gasteiger partial charge in [0, 0.05) is 45.9 Å². The second-order valence-corrected chi connectivity index (χ2v) is 20.5. The smallest absolute Gasteiger partial charge is 0.350 e. The number of nitrogens with zero attached hydrogens (tertiary/aromatic N) is 8. The SMILES string of the molecule is CCn1c2ccccc2c2cc(N3C(=O)c4ccc(Oc5ccc(C(C)(C)c6ccc(Oc7ccc8c(c7)C(=O)N(c7nc(OC(=O)c9cc([N+](=O)[O-])cc([N+](=O)[O-])c9)nc(OC(=O)c9c(CO)cccc9OC)n7)C8=O)cc6)cc5)cc4C3=O)ccc21. The van der Waals surface area contributed by atoms with Crippen molar-refractivity contribution in [1.29, 1.82) is 0 Å². The Morgan fingerprint density at radius 1 is 0.557 bits per heavy atom. The van der Waals surface area contributed by atoms with Crippen molar-refractivity contribution in [3.63, 3.8) is 0 Å². The van der Waals surface area contributed by atoms with Gasteiger partial charge in [-0.1, -0.05) is 68.4 Å². The zero-order valence-electron chi connectivity index (χ0n) is 46.7. The number of aliphatic hydroxyl groups is 1. The molecule has 24 heteroatoms. The van der Waals surface area contributed by atoms with E-state index in [1.165, 1.54) is 48.4 Å². The van der Waals surface area contributed by atoms with Crippen molar-refractivity contribution < 1.29 is 67.4 Å². The van der Waals surface area contributed by atoms with Crippen LogP contribution in [0.4, 0.5) is 23.0 Å². The van der Waals surface area contributed by atoms with Gasteiger partial charge >= 0.3 is 24.0 Å². The molecule has 10 aromatic rings. The van der Waals surface area contributed by atoms with E-state index in [1.54, 1.807) is 36.4 Å². The lowest BCUT2D eigenvalue weighted by atomic mass is 9.78. The van der Waals surface area contributed by atoms with Gasteiger partial charge in [-0.3, -0.25) is 39.4 Å². The average Bonchev–Trinajstić information content (AvgIpc) is 1.65. The minimum absolute atomic E-state index is 0.0390. The number of carbonyl (C=O) groups is 6. The van der Waals surface area contributed by atoms with Gasteiger partial charge in [0.2, 0.25) is 5.95 Å². The molecule has 1 N–H and O–H groups in total. The number of nitro benzene ring substituents is 2. The molecule has 0 atom stereocenters. The van der Waals surface area contributed by atoms with E-state index in [9.17, 15) is 54.1 Å². The summed E-state index contributed by atoms with van der Waals surface area (Å²) in [5, 5.41) is 35.1. The number of methoxy groups -OCH3 is 1. The van der Waals surface area contributed by atoms with Gasteiger partial charge in [0.05, 0.1) is 63.1 Å². The molecular formula is C64H44N8O16. The Hall–Kier alpha value is -12.1. The third kappa shape index (κ3) is 10.0. The van der Waals surface area contributed by atoms with E-state index in [0.29, 0.717) is 46.0 Å². The minimum atomic E-state index is -1.47. The highest BCUT2D eigenvalue weighted by atomic mass is 16.6. The molecule has 0 bridgehead atoms. The predicted octanol–water partition coefficient (Wildman–Crippen LogP) is 11.3. The molecule has 0 fully saturated rings. The van der Waals surface area contributed by atoms with Gasteiger partial charge < -0.3 is 33.4 Å². The normalized spacial score (nSPS) is 12.8. The molecule has 12 rings (SSSR count). The fourth-order valence-electron chi connectivity index (χ4n) is 10.7. The largest absolute Gasteiger partial charge is 0.496 e. The molecule has 0 radical (unpaired) electrons. The van der Waals surface area contributed by atoms with E-state index in [4.69, 9.17) is 23.7 Å². The number of imide groups is 2. The van der Waals surface area contributed by atoms with E-state index < -0.39 is 92.3 Å². The van der Waals surface area contributed by atoms with Crippen molar-refractivity contribution in [2.45, 2.75) is 39.3 Å². The minimum Gasteiger partial charge on any atom is -0.496 e. The van der Waals surface area contributed by atoms with Crippen LogP contribution in [0.3, 0.4) is 0 Å². The summed E-state index contributed by atoms with van der Waals surface area (Å²) in [7, 11) is 1.25. The van der Waals surface area contributed by atoms with E-state index in [-0.39, 0.29) is 44.9 Å². The van der Waals surface area contributed by atoms with Crippen LogP contribution in [0.2, 0.25) is 0 Å². The van der Waals surface area contributed by atoms with Gasteiger partial charge in [-0.25, -0.2) is 19.4 Å². The topological polar surface area (TPSA) is 305 Å². The maximum Gasteiger partial charge on any atom is 0.350 e. The molecule has 0 aliphatic carbocycles. The number of non-ortho nitro benzene ring substituents is 2. The first-order valence-electron chi connectivity index (χ1n) is 26.9. The van der Waals surface area contributed by atoms with Crippen LogP contribution in [-0.2, 0) is 18.6 Å². The highest BCUT2D eigenvalue weighted by Crippen LogP contribution is 2.40. The number of para-hydroxylation sites is 1. The third-order valence-electron chi connectivity index (χ3n) is 15.1. The van der Waals surface area contributed by atoms with Crippen molar-refractivity contribution in [3.05, 3.63) is 234 Å². The fraction of sp³-hybridized carbons (Fsp3) is 0.109. The first-order chi connectivity index (χ1) is 42.3. The molecular weight excluding hydrogens is 1140 g/mol. The monoisotopic (exact) mass is 1180 g/mol. The Morgan fingerprint density at radius 2 is 1.08 bits per heavy atom. The number of esters is 2. The van der Waals surface area contributed by atoms with E-state index in [2.05, 4.69) is 32.5 Å². The number of ether oxygens (including phenoxy) is 5. The highest BCUT2D eigenvalue weighted by Gasteiger charge is 2.41. The van der Waals surface area contributed by atoms with Crippen molar-refractivity contribution in [1.82, 2.24) is 19.5 Å². The number of amides is 4. The number of aliphatic hydroxyl groups excluding tert-OH is 1. The van der Waals surface area contributed by atoms with E-state index in [1.807, 2.05) is 80.6 Å². The van der Waals surface area contributed by atoms with Crippen LogP contribution in [0.25, 0.3) is 21.8 Å². The fourth-order valence-corrected chi connectivity index (χ4v) is 10.7. The molecule has 24 nitrogen and oxygen atoms in total. The van der Waals surface area contributed by atoms with Gasteiger partial charge in [0.25, 0.3) is 35.0 Å². The Balaban J connectivity index is 0.739. The lowest BCUT2D eigenvalue weighted by Gasteiger charge is -2.26. The lowest BCUT2D eigenvalue weighted by molar-refractivity contribution is -0.394. The number of fused-ring (bicyclic) bond motifs is 5. The molecule has 0 spiro atoms. The maximum atomic E-state index is 14.2. The van der Waals surface area contributed by atoms with Crippen LogP contribution in [0.15, 0.2) is 164 Å². The van der Waals surface area contributed by atoms with E-state index >= 15 is 0 Å². The number of carbonyl (C=O) groups excluding carboxylic acids is 6. The third-order valence-corrected chi connectivity index (χ3v) is 15.1. The van der Waals surface area contributed by atoms with Crippen molar-refractivity contribution in [2.75, 3.05) is 16.9 Å². The lowest BCUT2D eigenvalue weighted by Crippen LogP contribution is -2.32. The zero-order valence-corrected chi connectivity index (χ0v) is 46.7. The summed E-state index contributed by atoms with van der Waals surface area (Å²) in [6.45, 7) is 6.25. The molecule has 2 aliphatic rings. The first-order valence-corrected chi connectivity index (χ1v) is 26.9. The number of anilines is 2. The number of aromatic nitrogens is 4. The Bertz CT molecular complexity index is 4600. The Labute approximate surface area is 496 Å². The van der Waals surface area contributed by atoms with Crippen molar-refractivity contribution in [3.8, 4) is 40.8 Å². The van der Waals surface area contributed by atoms with Crippen molar-refractivity contribution >= 4 is 80.4 Å². The van der Waals surface area contributed by atoms with Crippen LogP contribution in [0, 0.1) is 20.2 Å². The van der Waals surface area contributed by atoms with Gasteiger partial charge in [0.1, 0.15) is 34.3 Å². The van der Waals surface area contributed by atoms with Crippen molar-refractivity contribution in [2.24, 2.45) is 0 Å². The molecule has 436 valence electrons. The molecule has 8 aromatic carbocycles. The highest BCUT2D eigenvalue weighted by molar-refractivity contribution is 6.35. The van der Waals surface area contributed by atoms with Crippen LogP contribution < -0.4 is 33.5 Å². The Kier molecular flexibility index (Phi) is 14.2. The predicted molar refractivity (Wildman–Crippen MR) is 314 cm³/mol. The number of hydrogen-bond donors (Lipinski definition) is 1. The summed E-state index contributed by atoms with van der Waals surface area (Å²) >= 11 is 0. The summed E-state index contributed by atoms with van der Waals surface area (Å²) in [4.78, 5) is 118. The second-order valence-electron chi connectivity index (χ2n) is 20.5. The summed E-state index contributed by atoms with van der Waals surface area (Å²) in [5.74, 6) is -5.04. The molecule has 0 saturated carbocycles. The zero-order chi connectivity index (χ0) is 61.9. The average molecular weight is 1180 g/mol. The van der Waals surface area contributed by atoms with Crippen LogP contribution in [-0.4, -0.2) is 77.1 Å². The van der Waals surface area contributed by atoms with Gasteiger partial charge in [-0.15, -0.1) is 4.98 Å². The first kappa shape index (κ1) is 56.4. The molecule has 2 aromatic heterocycles. The van der Waals surface area contributed by atoms with Gasteiger partial charge in [-0.2, -0.15) is 9.97 Å². The molecule has 4 heterocycles. The van der Waals surface area contributed by atoms with Crippen LogP contribution >= 0.6 is 0 Å². The quantitative estimate of drug-likeness (QED) is 0.0383. The summed E-state index contributed by atoms with van der Waals surface area (Å²) in [6.07, 6.45) is 0. The summed E-state index contributed by atoms with van der Waals surface area (Å²) in [5.41, 5.74) is 1.43. The Morgan fingerprint density at radius 3 is 1.64 bits per heavy atom. The number of rotatable bonds is 17. The molecule has 88 heavy (non-hydrogen) atoms. The summed E-state index contributed by atoms with van der Waals surface area (Å²) in [6, 6.07) is 41.5. The van der Waals surface area contributed by atoms with Gasteiger partial charge in [-0.05, 0) is 115 Å². The van der Waals surface area contributed by atoms with Crippen LogP contribution in [0.5, 0.6) is 40.8 Å². The number of nitro groups is 2. The molecule has 0 unspecified atom stereocenters. The standard InChI is InChI=1S/C64H44N8O16/c1-5-68-51-11-7-6-10-45(51)48-30-38(17-26-52(48)68)69-55(74)46-24-22-43(31-49(46)57(69)76)85-41-18-13-36(14-19-41)64(2,3)37-15-20-42(21-16-37)86-44-23-25-47-50(32-44)58(77)70(56(47)75)61-65-62(87-59(78)35-27-39(71(80)81)29-40(28-35)72(82)83)67-63(66-61)88-60(79)54-34(33-73)9-8-12-53(54)84-4/h6-32,73H,5,33H2,1-4H3. The maximum absolute atomic E-state index is 14.2. The van der Waals surface area contributed by atoms with E-state index in [0.717, 1.165) is 39.5 Å². The molecule has 0 saturated heterocycles. The number of benzene rings is 8. The number of hydrogen-bond acceptors (Lipinski definition) is 19.